The molecule has 24 heavy (non-hydrogen) atoms. The molecular formula is C18H18N4OS. The molecule has 0 aliphatic carbocycles. The Hall–Kier alpha value is -2.47. The minimum Gasteiger partial charge on any atom is -0.366 e. The molecule has 0 radical (unpaired) electrons. The van der Waals surface area contributed by atoms with Gasteiger partial charge in [0.1, 0.15) is 5.82 Å². The van der Waals surface area contributed by atoms with Gasteiger partial charge in [0.2, 0.25) is 0 Å². The lowest BCUT2D eigenvalue weighted by atomic mass is 10.0. The number of carbonyl (C=O) groups excluding carboxylic acids is 1. The number of nitrogens with one attached hydrogen (secondary N) is 1. The van der Waals surface area contributed by atoms with Crippen LogP contribution in [0.5, 0.6) is 0 Å². The Morgan fingerprint density at radius 3 is 2.83 bits per heavy atom. The molecule has 0 atom stereocenters. The zero-order valence-electron chi connectivity index (χ0n) is 13.2. The third-order valence-corrected chi connectivity index (χ3v) is 5.38. The highest BCUT2D eigenvalue weighted by atomic mass is 32.1. The Labute approximate surface area is 144 Å². The fourth-order valence-electron chi connectivity index (χ4n) is 3.15. The van der Waals surface area contributed by atoms with Crippen molar-refractivity contribution in [3.8, 4) is 0 Å². The molecule has 0 unspecified atom stereocenters. The van der Waals surface area contributed by atoms with Crippen LogP contribution in [-0.4, -0.2) is 40.1 Å². The van der Waals surface area contributed by atoms with Crippen LogP contribution in [0.3, 0.4) is 0 Å². The second-order valence-corrected chi connectivity index (χ2v) is 6.88. The number of aromatic nitrogens is 2. The van der Waals surface area contributed by atoms with E-state index < -0.39 is 0 Å². The molecule has 4 rings (SSSR count). The predicted octanol–water partition coefficient (Wildman–Crippen LogP) is 3.41. The van der Waals surface area contributed by atoms with E-state index in [2.05, 4.69) is 27.6 Å². The molecule has 0 spiro atoms. The Morgan fingerprint density at radius 2 is 2.04 bits per heavy atom. The normalized spacial score (nSPS) is 15.6. The number of fused-ring (bicyclic) bond motifs is 1. The van der Waals surface area contributed by atoms with Crippen molar-refractivity contribution in [2.24, 2.45) is 0 Å². The van der Waals surface area contributed by atoms with Crippen molar-refractivity contribution in [1.82, 2.24) is 15.1 Å². The molecule has 3 heterocycles. The van der Waals surface area contributed by atoms with Crippen molar-refractivity contribution in [3.63, 3.8) is 0 Å². The summed E-state index contributed by atoms with van der Waals surface area (Å²) in [6.45, 7) is 1.52. The molecule has 2 aromatic heterocycles. The van der Waals surface area contributed by atoms with Gasteiger partial charge in [-0.15, -0.1) is 16.4 Å². The first-order valence-electron chi connectivity index (χ1n) is 8.11. The number of thiophene rings is 1. The summed E-state index contributed by atoms with van der Waals surface area (Å²) in [5, 5.41) is 14.5. The number of benzene rings is 1. The van der Waals surface area contributed by atoms with Gasteiger partial charge in [-0.3, -0.25) is 4.79 Å². The summed E-state index contributed by atoms with van der Waals surface area (Å²) in [5.74, 6) is 0.937. The number of nitrogens with zero attached hydrogens (tertiary/aromatic N) is 3. The number of hydrogen-bond donors (Lipinski definition) is 1. The molecule has 122 valence electrons. The van der Waals surface area contributed by atoms with Gasteiger partial charge in [0.15, 0.2) is 0 Å². The van der Waals surface area contributed by atoms with Gasteiger partial charge < -0.3 is 10.2 Å². The highest BCUT2D eigenvalue weighted by molar-refractivity contribution is 7.17. The van der Waals surface area contributed by atoms with E-state index >= 15 is 0 Å². The van der Waals surface area contributed by atoms with E-state index in [1.165, 1.54) is 0 Å². The number of hydrogen-bond acceptors (Lipinski definition) is 5. The third kappa shape index (κ3) is 2.97. The molecule has 1 saturated heterocycles. The van der Waals surface area contributed by atoms with E-state index in [1.54, 1.807) is 17.5 Å². The molecule has 6 heteroatoms. The average Bonchev–Trinajstić information content (AvgIpc) is 3.11. The van der Waals surface area contributed by atoms with Gasteiger partial charge in [0, 0.05) is 30.0 Å². The second kappa shape index (κ2) is 6.57. The van der Waals surface area contributed by atoms with Gasteiger partial charge in [0.25, 0.3) is 5.91 Å². The summed E-state index contributed by atoms with van der Waals surface area (Å²) >= 11 is 1.63. The van der Waals surface area contributed by atoms with Crippen LogP contribution in [-0.2, 0) is 0 Å². The predicted molar refractivity (Wildman–Crippen MR) is 96.4 cm³/mol. The lowest BCUT2D eigenvalue weighted by Crippen LogP contribution is -2.42. The summed E-state index contributed by atoms with van der Waals surface area (Å²) in [6.07, 6.45) is 3.50. The van der Waals surface area contributed by atoms with Gasteiger partial charge >= 0.3 is 0 Å². The summed E-state index contributed by atoms with van der Waals surface area (Å²) in [6, 6.07) is 12.1. The number of anilines is 1. The SMILES string of the molecule is O=C(c1cccc2ccsc12)N1CCC(Nc2cccnn2)CC1. The maximum atomic E-state index is 12.9. The van der Waals surface area contributed by atoms with Crippen molar-refractivity contribution >= 4 is 33.1 Å². The molecule has 5 nitrogen and oxygen atoms in total. The molecule has 1 aliphatic rings. The minimum atomic E-state index is 0.140. The lowest BCUT2D eigenvalue weighted by Gasteiger charge is -2.32. The van der Waals surface area contributed by atoms with Crippen LogP contribution in [0.4, 0.5) is 5.82 Å². The van der Waals surface area contributed by atoms with Gasteiger partial charge in [0.05, 0.1) is 5.56 Å². The molecule has 1 aliphatic heterocycles. The van der Waals surface area contributed by atoms with Crippen molar-refractivity contribution in [2.75, 3.05) is 18.4 Å². The molecule has 3 aromatic rings. The first kappa shape index (κ1) is 15.1. The smallest absolute Gasteiger partial charge is 0.255 e. The van der Waals surface area contributed by atoms with Crippen LogP contribution in [0.2, 0.25) is 0 Å². The molecule has 1 fully saturated rings. The summed E-state index contributed by atoms with van der Waals surface area (Å²) in [5.41, 5.74) is 0.822. The van der Waals surface area contributed by atoms with Crippen molar-refractivity contribution < 1.29 is 4.79 Å². The molecule has 0 bridgehead atoms. The maximum absolute atomic E-state index is 12.9. The van der Waals surface area contributed by atoms with Crippen molar-refractivity contribution in [3.05, 3.63) is 53.5 Å². The van der Waals surface area contributed by atoms with Crippen LogP contribution in [0.25, 0.3) is 10.1 Å². The number of piperidine rings is 1. The van der Waals surface area contributed by atoms with Crippen molar-refractivity contribution in [2.45, 2.75) is 18.9 Å². The zero-order valence-corrected chi connectivity index (χ0v) is 14.0. The fraction of sp³-hybridized carbons (Fsp3) is 0.278. The Balaban J connectivity index is 1.42. The molecule has 0 saturated carbocycles. The van der Waals surface area contributed by atoms with E-state index in [0.717, 1.165) is 47.4 Å². The molecule has 1 amide bonds. The van der Waals surface area contributed by atoms with E-state index in [4.69, 9.17) is 0 Å². The second-order valence-electron chi connectivity index (χ2n) is 5.96. The van der Waals surface area contributed by atoms with Gasteiger partial charge in [-0.25, -0.2) is 0 Å². The third-order valence-electron chi connectivity index (χ3n) is 4.42. The van der Waals surface area contributed by atoms with E-state index in [0.29, 0.717) is 6.04 Å². The standard InChI is InChI=1S/C18H18N4OS/c23-18(15-4-1-3-13-8-12-24-17(13)15)22-10-6-14(7-11-22)20-16-5-2-9-19-21-16/h1-5,8-9,12,14H,6-7,10-11H2,(H,20,21). The Morgan fingerprint density at radius 1 is 1.17 bits per heavy atom. The van der Waals surface area contributed by atoms with E-state index in [1.807, 2.05) is 34.5 Å². The largest absolute Gasteiger partial charge is 0.366 e. The summed E-state index contributed by atoms with van der Waals surface area (Å²) in [7, 11) is 0. The number of carbonyl (C=O) groups is 1. The topological polar surface area (TPSA) is 58.1 Å². The number of likely N-dealkylation sites (tertiary alicyclic amines) is 1. The lowest BCUT2D eigenvalue weighted by molar-refractivity contribution is 0.0720. The Kier molecular flexibility index (Phi) is 4.13. The van der Waals surface area contributed by atoms with Crippen molar-refractivity contribution in [1.29, 1.82) is 0 Å². The first-order chi connectivity index (χ1) is 11.8. The molecular weight excluding hydrogens is 320 g/mol. The fourth-order valence-corrected chi connectivity index (χ4v) is 4.05. The maximum Gasteiger partial charge on any atom is 0.255 e. The molecule has 1 N–H and O–H groups in total. The zero-order chi connectivity index (χ0) is 16.4. The average molecular weight is 338 g/mol. The van der Waals surface area contributed by atoms with Crippen LogP contribution in [0, 0.1) is 0 Å². The summed E-state index contributed by atoms with van der Waals surface area (Å²) < 4.78 is 1.09. The van der Waals surface area contributed by atoms with E-state index in [-0.39, 0.29) is 5.91 Å². The highest BCUT2D eigenvalue weighted by Crippen LogP contribution is 2.26. The van der Waals surface area contributed by atoms with Crippen LogP contribution in [0.15, 0.2) is 48.0 Å². The minimum absolute atomic E-state index is 0.140. The monoisotopic (exact) mass is 338 g/mol. The quantitative estimate of drug-likeness (QED) is 0.795. The first-order valence-corrected chi connectivity index (χ1v) is 8.99. The number of rotatable bonds is 3. The Bertz CT molecular complexity index is 840. The van der Waals surface area contributed by atoms with Crippen LogP contribution < -0.4 is 5.32 Å². The molecule has 1 aromatic carbocycles. The summed E-state index contributed by atoms with van der Waals surface area (Å²) in [4.78, 5) is 14.8. The highest BCUT2D eigenvalue weighted by Gasteiger charge is 2.25. The van der Waals surface area contributed by atoms with Gasteiger partial charge in [-0.2, -0.15) is 5.10 Å². The van der Waals surface area contributed by atoms with Gasteiger partial charge in [-0.05, 0) is 47.9 Å². The van der Waals surface area contributed by atoms with Gasteiger partial charge in [-0.1, -0.05) is 12.1 Å². The van der Waals surface area contributed by atoms with E-state index in [9.17, 15) is 4.79 Å². The number of amides is 1. The van der Waals surface area contributed by atoms with Crippen LogP contribution in [0.1, 0.15) is 23.2 Å². The van der Waals surface area contributed by atoms with Crippen LogP contribution >= 0.6 is 11.3 Å².